The lowest BCUT2D eigenvalue weighted by Gasteiger charge is -2.33. The van der Waals surface area contributed by atoms with Gasteiger partial charge < -0.3 is 10.2 Å². The lowest BCUT2D eigenvalue weighted by atomic mass is 9.93. The predicted octanol–water partition coefficient (Wildman–Crippen LogP) is 4.00. The predicted molar refractivity (Wildman–Crippen MR) is 114 cm³/mol. The number of pyridine rings is 1. The fourth-order valence-corrected chi connectivity index (χ4v) is 3.94. The number of likely N-dealkylation sites (tertiary alicyclic amines) is 1. The van der Waals surface area contributed by atoms with Gasteiger partial charge in [-0.1, -0.05) is 35.9 Å². The van der Waals surface area contributed by atoms with Crippen LogP contribution in [0.15, 0.2) is 48.8 Å². The van der Waals surface area contributed by atoms with E-state index >= 15 is 0 Å². The third-order valence-electron chi connectivity index (χ3n) is 5.44. The normalized spacial score (nSPS) is 16.4. The number of nitrogens with one attached hydrogen (secondary N) is 1. The molecule has 0 bridgehead atoms. The number of carbonyl (C=O) groups is 2. The fourth-order valence-electron chi connectivity index (χ4n) is 3.74. The quantitative estimate of drug-likeness (QED) is 0.711. The lowest BCUT2D eigenvalue weighted by Crippen LogP contribution is -2.40. The second kappa shape index (κ2) is 11.0. The number of aromatic nitrogens is 1. The van der Waals surface area contributed by atoms with Gasteiger partial charge in [-0.3, -0.25) is 14.6 Å². The van der Waals surface area contributed by atoms with Gasteiger partial charge in [-0.2, -0.15) is 0 Å². The molecule has 5 nitrogen and oxygen atoms in total. The van der Waals surface area contributed by atoms with Crippen molar-refractivity contribution in [1.29, 1.82) is 0 Å². The third kappa shape index (κ3) is 6.86. The van der Waals surface area contributed by atoms with E-state index in [1.54, 1.807) is 6.20 Å². The van der Waals surface area contributed by atoms with E-state index in [2.05, 4.69) is 10.3 Å². The van der Waals surface area contributed by atoms with Crippen molar-refractivity contribution >= 4 is 23.4 Å². The number of aryl methyl sites for hydroxylation is 1. The minimum Gasteiger partial charge on any atom is -0.352 e. The average Bonchev–Trinajstić information content (AvgIpc) is 2.76. The Hall–Kier alpha value is -2.40. The highest BCUT2D eigenvalue weighted by atomic mass is 35.5. The molecule has 6 heteroatoms. The molecule has 1 aliphatic heterocycles. The standard InChI is InChI=1S/C23H28ClN3O2/c24-21-8-2-1-7-20(21)16-26-22(28)11-9-19-6-4-14-27(17-19)23(29)12-10-18-5-3-13-25-15-18/h1-3,5,7-8,13,15,19H,4,6,9-12,14,16-17H2,(H,26,28). The first-order chi connectivity index (χ1) is 14.1. The number of benzene rings is 1. The minimum atomic E-state index is 0.0324. The molecule has 1 unspecified atom stereocenters. The molecule has 3 rings (SSSR count). The molecule has 0 saturated carbocycles. The second-order valence-corrected chi connectivity index (χ2v) is 8.02. The lowest BCUT2D eigenvalue weighted by molar-refractivity contribution is -0.133. The summed E-state index contributed by atoms with van der Waals surface area (Å²) in [4.78, 5) is 30.8. The SMILES string of the molecule is O=C(CCC1CCCN(C(=O)CCc2cccnc2)C1)NCc1ccccc1Cl. The molecular formula is C23H28ClN3O2. The van der Waals surface area contributed by atoms with Crippen LogP contribution in [0.2, 0.25) is 5.02 Å². The largest absolute Gasteiger partial charge is 0.352 e. The van der Waals surface area contributed by atoms with Crippen LogP contribution in [0.5, 0.6) is 0 Å². The van der Waals surface area contributed by atoms with Crippen LogP contribution in [0.1, 0.15) is 43.2 Å². The molecule has 2 aromatic rings. The van der Waals surface area contributed by atoms with Crippen LogP contribution in [0.3, 0.4) is 0 Å². The number of amides is 2. The zero-order valence-electron chi connectivity index (χ0n) is 16.6. The van der Waals surface area contributed by atoms with Gasteiger partial charge in [0.2, 0.25) is 11.8 Å². The zero-order chi connectivity index (χ0) is 20.5. The summed E-state index contributed by atoms with van der Waals surface area (Å²) in [6.45, 7) is 2.02. The van der Waals surface area contributed by atoms with Gasteiger partial charge in [-0.15, -0.1) is 0 Å². The molecule has 1 atom stereocenters. The topological polar surface area (TPSA) is 62.3 Å². The van der Waals surface area contributed by atoms with Gasteiger partial charge in [0.05, 0.1) is 0 Å². The van der Waals surface area contributed by atoms with E-state index < -0.39 is 0 Å². The van der Waals surface area contributed by atoms with Crippen molar-refractivity contribution in [2.45, 2.75) is 45.1 Å². The molecule has 2 amide bonds. The van der Waals surface area contributed by atoms with E-state index in [9.17, 15) is 9.59 Å². The number of carbonyl (C=O) groups excluding carboxylic acids is 2. The van der Waals surface area contributed by atoms with Crippen LogP contribution >= 0.6 is 11.6 Å². The summed E-state index contributed by atoms with van der Waals surface area (Å²) in [5, 5.41) is 3.61. The van der Waals surface area contributed by atoms with Crippen molar-refractivity contribution in [3.63, 3.8) is 0 Å². The fraction of sp³-hybridized carbons (Fsp3) is 0.435. The maximum Gasteiger partial charge on any atom is 0.222 e. The molecule has 1 aromatic heterocycles. The van der Waals surface area contributed by atoms with Crippen molar-refractivity contribution in [1.82, 2.24) is 15.2 Å². The molecule has 2 heterocycles. The first-order valence-electron chi connectivity index (χ1n) is 10.3. The number of nitrogens with zero attached hydrogens (tertiary/aromatic N) is 2. The van der Waals surface area contributed by atoms with Crippen molar-refractivity contribution in [3.05, 3.63) is 64.9 Å². The molecule has 1 N–H and O–H groups in total. The number of hydrogen-bond acceptors (Lipinski definition) is 3. The molecule has 29 heavy (non-hydrogen) atoms. The molecule has 0 spiro atoms. The molecule has 0 radical (unpaired) electrons. The molecule has 0 aliphatic carbocycles. The number of hydrogen-bond donors (Lipinski definition) is 1. The van der Waals surface area contributed by atoms with Crippen molar-refractivity contribution < 1.29 is 9.59 Å². The Kier molecular flexibility index (Phi) is 8.05. The van der Waals surface area contributed by atoms with Gasteiger partial charge in [0, 0.05) is 49.9 Å². The highest BCUT2D eigenvalue weighted by Gasteiger charge is 2.23. The number of piperidine rings is 1. The Bertz CT molecular complexity index is 813. The summed E-state index contributed by atoms with van der Waals surface area (Å²) in [5.41, 5.74) is 2.01. The smallest absolute Gasteiger partial charge is 0.222 e. The highest BCUT2D eigenvalue weighted by molar-refractivity contribution is 6.31. The Morgan fingerprint density at radius 3 is 2.83 bits per heavy atom. The summed E-state index contributed by atoms with van der Waals surface area (Å²) in [7, 11) is 0. The Morgan fingerprint density at radius 1 is 1.17 bits per heavy atom. The van der Waals surface area contributed by atoms with Crippen LogP contribution in [0.25, 0.3) is 0 Å². The van der Waals surface area contributed by atoms with Crippen molar-refractivity contribution in [2.24, 2.45) is 5.92 Å². The van der Waals surface area contributed by atoms with Gasteiger partial charge in [-0.25, -0.2) is 0 Å². The van der Waals surface area contributed by atoms with E-state index in [4.69, 9.17) is 11.6 Å². The van der Waals surface area contributed by atoms with Crippen molar-refractivity contribution in [3.8, 4) is 0 Å². The maximum atomic E-state index is 12.6. The number of rotatable bonds is 8. The zero-order valence-corrected chi connectivity index (χ0v) is 17.4. The van der Waals surface area contributed by atoms with Crippen molar-refractivity contribution in [2.75, 3.05) is 13.1 Å². The molecule has 154 valence electrons. The first kappa shape index (κ1) is 21.3. The molecule has 1 aliphatic rings. The third-order valence-corrected chi connectivity index (χ3v) is 5.80. The molecular weight excluding hydrogens is 386 g/mol. The monoisotopic (exact) mass is 413 g/mol. The summed E-state index contributed by atoms with van der Waals surface area (Å²) in [6, 6.07) is 11.4. The Labute approximate surface area is 177 Å². The molecule has 1 aromatic carbocycles. The van der Waals surface area contributed by atoms with Crippen LogP contribution in [0.4, 0.5) is 0 Å². The van der Waals surface area contributed by atoms with Gasteiger partial charge in [0.25, 0.3) is 0 Å². The second-order valence-electron chi connectivity index (χ2n) is 7.62. The van der Waals surface area contributed by atoms with E-state index in [0.29, 0.717) is 30.3 Å². The van der Waals surface area contributed by atoms with Crippen LogP contribution < -0.4 is 5.32 Å². The highest BCUT2D eigenvalue weighted by Crippen LogP contribution is 2.22. The summed E-state index contributed by atoms with van der Waals surface area (Å²) in [5.74, 6) is 0.615. The Balaban J connectivity index is 1.38. The van der Waals surface area contributed by atoms with Crippen LogP contribution in [-0.4, -0.2) is 34.8 Å². The summed E-state index contributed by atoms with van der Waals surface area (Å²) < 4.78 is 0. The van der Waals surface area contributed by atoms with E-state index in [1.807, 2.05) is 47.5 Å². The van der Waals surface area contributed by atoms with Gasteiger partial charge in [0.1, 0.15) is 0 Å². The van der Waals surface area contributed by atoms with E-state index in [1.165, 1.54) is 0 Å². The van der Waals surface area contributed by atoms with Crippen LogP contribution in [-0.2, 0) is 22.6 Å². The maximum absolute atomic E-state index is 12.6. The van der Waals surface area contributed by atoms with Gasteiger partial charge in [-0.05, 0) is 54.9 Å². The van der Waals surface area contributed by atoms with E-state index in [-0.39, 0.29) is 11.8 Å². The molecule has 1 saturated heterocycles. The van der Waals surface area contributed by atoms with Gasteiger partial charge in [0.15, 0.2) is 0 Å². The average molecular weight is 414 g/mol. The summed E-state index contributed by atoms with van der Waals surface area (Å²) >= 11 is 6.12. The minimum absolute atomic E-state index is 0.0324. The Morgan fingerprint density at radius 2 is 2.03 bits per heavy atom. The molecule has 1 fully saturated rings. The summed E-state index contributed by atoms with van der Waals surface area (Å²) in [6.07, 6.45) is 8.15. The number of halogens is 1. The first-order valence-corrected chi connectivity index (χ1v) is 10.7. The van der Waals surface area contributed by atoms with Gasteiger partial charge >= 0.3 is 0 Å². The van der Waals surface area contributed by atoms with Crippen LogP contribution in [0, 0.1) is 5.92 Å². The van der Waals surface area contributed by atoms with E-state index in [0.717, 1.165) is 49.9 Å².